The third-order valence-corrected chi connectivity index (χ3v) is 16.8. The topological polar surface area (TPSA) is 287 Å². The van der Waals surface area contributed by atoms with Crippen molar-refractivity contribution >= 4 is 0 Å². The predicted molar refractivity (Wildman–Crippen MR) is 381 cm³/mol. The largest absolute Gasteiger partial charge is 0.507 e. The Morgan fingerprint density at radius 2 is 0.536 bits per heavy atom. The van der Waals surface area contributed by atoms with E-state index in [1.165, 1.54) is 27.8 Å². The van der Waals surface area contributed by atoms with Gasteiger partial charge in [0.05, 0.1) is 59.5 Å². The lowest BCUT2D eigenvalue weighted by Gasteiger charge is -2.29. The van der Waals surface area contributed by atoms with Crippen LogP contribution in [0.15, 0.2) is 91.0 Å². The molecule has 18 nitrogen and oxygen atoms in total. The monoisotopic (exact) mass is 1350 g/mol. The molecule has 0 atom stereocenters. The maximum absolute atomic E-state index is 10.5. The van der Waals surface area contributed by atoms with Crippen molar-refractivity contribution in [2.45, 2.75) is 171 Å². The number of ether oxygens (including phenoxy) is 7. The second kappa shape index (κ2) is 44.8. The summed E-state index contributed by atoms with van der Waals surface area (Å²) in [5, 5.41) is 106. The van der Waals surface area contributed by atoms with Crippen LogP contribution in [-0.4, -0.2) is 132 Å². The number of rotatable bonds is 32. The molecule has 0 unspecified atom stereocenters. The summed E-state index contributed by atoms with van der Waals surface area (Å²) in [5.74, 6) is 0.969. The zero-order valence-corrected chi connectivity index (χ0v) is 60.0. The molecule has 0 amide bonds. The van der Waals surface area contributed by atoms with Gasteiger partial charge in [-0.1, -0.05) is 90.9 Å². The predicted octanol–water partition coefficient (Wildman–Crippen LogP) is 11.9. The summed E-state index contributed by atoms with van der Waals surface area (Å²) in [4.78, 5) is 0. The maximum atomic E-state index is 10.5. The number of phenols is 5. The van der Waals surface area contributed by atoms with Crippen molar-refractivity contribution in [2.24, 2.45) is 0 Å². The molecule has 0 aliphatic rings. The van der Waals surface area contributed by atoms with Crippen LogP contribution >= 0.6 is 0 Å². The molecule has 7 aromatic rings. The lowest BCUT2D eigenvalue weighted by atomic mass is 9.75. The molecule has 0 bridgehead atoms. The molecule has 0 saturated heterocycles. The molecule has 7 rings (SSSR count). The summed E-state index contributed by atoms with van der Waals surface area (Å²) in [6, 6.07) is 29.5. The molecular weight excluding hydrogens is 1240 g/mol. The highest BCUT2D eigenvalue weighted by Crippen LogP contribution is 2.40. The maximum Gasteiger partial charge on any atom is 0.126 e. The van der Waals surface area contributed by atoms with Crippen molar-refractivity contribution in [1.82, 2.24) is 0 Å². The SMILES string of the molecule is CCc1cc(-c2cc(COC)c(O)c(COC)c2)cc(CO)c1O.CCc1cc(C(C)(C)c2cc(COC)c(O)c(COC)c2)cc(CO)c1O.CCc1cc(CCO)c(CCO)cc1COC.CCc1cc(CCO)cc(COC)c1.CCc1cc(CCO)cc(COC)c1O. The van der Waals surface area contributed by atoms with E-state index >= 15 is 0 Å². The smallest absolute Gasteiger partial charge is 0.126 e. The highest BCUT2D eigenvalue weighted by atomic mass is 16.5. The molecule has 0 aliphatic carbocycles. The van der Waals surface area contributed by atoms with E-state index in [2.05, 4.69) is 58.0 Å². The first-order chi connectivity index (χ1) is 46.6. The van der Waals surface area contributed by atoms with Crippen LogP contribution in [-0.2, 0) is 156 Å². The molecule has 11 N–H and O–H groups in total. The Kier molecular flexibility index (Phi) is 38.9. The summed E-state index contributed by atoms with van der Waals surface area (Å²) < 4.78 is 36.1. The van der Waals surface area contributed by atoms with Crippen LogP contribution in [0, 0.1) is 0 Å². The molecule has 18 heteroatoms. The lowest BCUT2D eigenvalue weighted by Crippen LogP contribution is -2.20. The summed E-state index contributed by atoms with van der Waals surface area (Å²) >= 11 is 0. The Labute approximate surface area is 576 Å². The third kappa shape index (κ3) is 25.1. The van der Waals surface area contributed by atoms with Crippen molar-refractivity contribution in [1.29, 1.82) is 0 Å². The Balaban J connectivity index is 0.000000323. The van der Waals surface area contributed by atoms with Crippen molar-refractivity contribution in [3.05, 3.63) is 202 Å². The number of hydrogen-bond donors (Lipinski definition) is 11. The Bertz CT molecular complexity index is 3340. The number of hydrogen-bond acceptors (Lipinski definition) is 18. The fourth-order valence-electron chi connectivity index (χ4n) is 11.4. The standard InChI is InChI=1S/C22H30O5.C19H24O5.C14H22O3.C12H18O3.C12H18O2/c1-6-14-7-18(8-15(11-23)20(14)24)22(2,3)19-9-16(12-26-4)21(25)17(10-19)13-27-5;1-4-12-5-13(6-15(9-20)18(12)21)14-7-16(10-23-2)19(22)17(8-14)11-24-3;1-3-11-8-12(4-6-15)13(5-7-16)9-14(11)10-17-2;1-3-10-6-9(4-5-13)7-11(8-15-2)12(10)14;1-3-10-6-11(4-5-13)8-12(7-10)9-14-2/h7-10,23-25H,6,11-13H2,1-5H3;5-8,20-22H,4,9-11H2,1-3H3;8-9,15-16H,3-7,10H2,1-2H3;6-7,13-14H,3-5,8H2,1-2H3;6-8,13H,3-5,9H2,1-2H3. The van der Waals surface area contributed by atoms with Gasteiger partial charge < -0.3 is 89.3 Å². The summed E-state index contributed by atoms with van der Waals surface area (Å²) in [7, 11) is 11.3. The molecule has 0 spiro atoms. The molecule has 0 fully saturated rings. The minimum absolute atomic E-state index is 0.125. The molecular formula is C79H112O18. The van der Waals surface area contributed by atoms with Gasteiger partial charge in [0.1, 0.15) is 28.7 Å². The third-order valence-electron chi connectivity index (χ3n) is 16.8. The number of aliphatic hydroxyl groups is 6. The summed E-state index contributed by atoms with van der Waals surface area (Å²) in [5.41, 5.74) is 19.7. The molecule has 0 aromatic heterocycles. The number of aliphatic hydroxyl groups excluding tert-OH is 6. The van der Waals surface area contributed by atoms with Crippen molar-refractivity contribution < 1.29 is 89.3 Å². The van der Waals surface area contributed by atoms with Gasteiger partial charge in [-0.2, -0.15) is 0 Å². The first-order valence-electron chi connectivity index (χ1n) is 33.2. The highest BCUT2D eigenvalue weighted by molar-refractivity contribution is 5.70. The normalized spacial score (nSPS) is 11.1. The van der Waals surface area contributed by atoms with Gasteiger partial charge in [0.15, 0.2) is 0 Å². The average Bonchev–Trinajstić information content (AvgIpc) is 0.779. The molecule has 0 aliphatic heterocycles. The fraction of sp³-hybridized carbons (Fsp3) is 0.468. The van der Waals surface area contributed by atoms with Crippen LogP contribution in [0.3, 0.4) is 0 Å². The molecule has 7 aromatic carbocycles. The summed E-state index contributed by atoms with van der Waals surface area (Å²) in [6.45, 7) is 17.3. The van der Waals surface area contributed by atoms with E-state index in [1.807, 2.05) is 75.4 Å². The summed E-state index contributed by atoms with van der Waals surface area (Å²) in [6.07, 6.45) is 6.71. The molecule has 0 radical (unpaired) electrons. The van der Waals surface area contributed by atoms with Crippen LogP contribution in [0.25, 0.3) is 11.1 Å². The van der Waals surface area contributed by atoms with E-state index in [0.29, 0.717) is 104 Å². The van der Waals surface area contributed by atoms with E-state index < -0.39 is 5.41 Å². The Morgan fingerprint density at radius 3 is 0.938 bits per heavy atom. The minimum Gasteiger partial charge on any atom is -0.507 e. The van der Waals surface area contributed by atoms with Gasteiger partial charge in [-0.05, 0) is 190 Å². The van der Waals surface area contributed by atoms with Crippen molar-refractivity contribution in [3.8, 4) is 39.9 Å². The number of methoxy groups -OCH3 is 7. The molecule has 0 saturated carbocycles. The van der Waals surface area contributed by atoms with E-state index in [9.17, 15) is 35.7 Å². The Hall–Kier alpha value is -6.98. The van der Waals surface area contributed by atoms with Crippen LogP contribution in [0.4, 0.5) is 0 Å². The van der Waals surface area contributed by atoms with E-state index in [-0.39, 0.29) is 75.9 Å². The first kappa shape index (κ1) is 84.2. The van der Waals surface area contributed by atoms with Gasteiger partial charge in [-0.15, -0.1) is 0 Å². The number of benzene rings is 7. The number of phenolic OH excluding ortho intramolecular Hbond substituents is 3. The zero-order valence-electron chi connectivity index (χ0n) is 60.0. The van der Waals surface area contributed by atoms with Gasteiger partial charge in [0.2, 0.25) is 0 Å². The number of aromatic hydroxyl groups is 5. The van der Waals surface area contributed by atoms with E-state index in [4.69, 9.17) is 53.6 Å². The second-order valence-electron chi connectivity index (χ2n) is 24.0. The van der Waals surface area contributed by atoms with Gasteiger partial charge in [-0.25, -0.2) is 0 Å². The fourth-order valence-corrected chi connectivity index (χ4v) is 11.4. The highest BCUT2D eigenvalue weighted by Gasteiger charge is 2.28. The van der Waals surface area contributed by atoms with Crippen molar-refractivity contribution in [2.75, 3.05) is 76.2 Å². The first-order valence-corrected chi connectivity index (χ1v) is 33.2. The molecule has 97 heavy (non-hydrogen) atoms. The molecule has 0 heterocycles. The van der Waals surface area contributed by atoms with Crippen LogP contribution in [0.2, 0.25) is 0 Å². The van der Waals surface area contributed by atoms with Crippen LogP contribution < -0.4 is 0 Å². The Morgan fingerprint density at radius 1 is 0.258 bits per heavy atom. The second-order valence-corrected chi connectivity index (χ2v) is 24.0. The minimum atomic E-state index is -0.416. The van der Waals surface area contributed by atoms with E-state index in [0.717, 1.165) is 86.9 Å². The van der Waals surface area contributed by atoms with E-state index in [1.54, 1.807) is 55.8 Å². The van der Waals surface area contributed by atoms with Gasteiger partial charge >= 0.3 is 0 Å². The van der Waals surface area contributed by atoms with Gasteiger partial charge in [0.25, 0.3) is 0 Å². The van der Waals surface area contributed by atoms with Gasteiger partial charge in [-0.3, -0.25) is 0 Å². The average molecular weight is 1350 g/mol. The van der Waals surface area contributed by atoms with Gasteiger partial charge in [0, 0.05) is 121 Å². The zero-order chi connectivity index (χ0) is 72.2. The molecule has 536 valence electrons. The lowest BCUT2D eigenvalue weighted by molar-refractivity contribution is 0.174. The van der Waals surface area contributed by atoms with Crippen molar-refractivity contribution in [3.63, 3.8) is 0 Å². The number of aryl methyl sites for hydroxylation is 5. The van der Waals surface area contributed by atoms with Crippen LogP contribution in [0.5, 0.6) is 28.7 Å². The quantitative estimate of drug-likeness (QED) is 0.0187. The van der Waals surface area contributed by atoms with Crippen LogP contribution in [0.1, 0.15) is 160 Å².